The number of hydrogen-bond acceptors (Lipinski definition) is 3. The maximum Gasteiger partial charge on any atom is 0.259 e. The van der Waals surface area contributed by atoms with Gasteiger partial charge < -0.3 is 9.80 Å². The highest BCUT2D eigenvalue weighted by atomic mass is 16.2. The molecule has 1 amide bonds. The van der Waals surface area contributed by atoms with Crippen LogP contribution in [0.2, 0.25) is 0 Å². The molecule has 1 saturated heterocycles. The van der Waals surface area contributed by atoms with E-state index in [1.54, 1.807) is 11.1 Å². The molecular weight excluding hydrogens is 192 g/mol. The normalized spacial score (nSPS) is 24.9. The Balaban J connectivity index is 2.19. The van der Waals surface area contributed by atoms with Crippen LogP contribution in [0.3, 0.4) is 0 Å². The number of amides is 1. The number of ketones is 1. The number of nitrogens with zero attached hydrogens (tertiary/aromatic N) is 2. The summed E-state index contributed by atoms with van der Waals surface area (Å²) in [6.07, 6.45) is 4.30. The van der Waals surface area contributed by atoms with Crippen molar-refractivity contribution in [1.82, 2.24) is 9.80 Å². The third-order valence-electron chi connectivity index (χ3n) is 2.75. The summed E-state index contributed by atoms with van der Waals surface area (Å²) in [5.41, 5.74) is 0.346. The monoisotopic (exact) mass is 208 g/mol. The van der Waals surface area contributed by atoms with Crippen LogP contribution >= 0.6 is 0 Å². The minimum absolute atomic E-state index is 0.0226. The van der Waals surface area contributed by atoms with E-state index in [9.17, 15) is 9.59 Å². The van der Waals surface area contributed by atoms with E-state index in [0.717, 1.165) is 12.8 Å². The van der Waals surface area contributed by atoms with Gasteiger partial charge in [0.05, 0.1) is 5.57 Å². The highest BCUT2D eigenvalue weighted by Gasteiger charge is 2.38. The van der Waals surface area contributed by atoms with Crippen LogP contribution in [-0.4, -0.2) is 48.2 Å². The standard InChI is InChI=1S/C11H16N2O2/c1-12(2)7-9-10(14)5-6-13(11(9)15)8-3-4-8/h7-8H,3-6H2,1-2H3/b9-7+. The second-order valence-electron chi connectivity index (χ2n) is 4.41. The molecule has 2 rings (SSSR count). The van der Waals surface area contributed by atoms with Crippen LogP contribution in [0.1, 0.15) is 19.3 Å². The molecule has 2 fully saturated rings. The summed E-state index contributed by atoms with van der Waals surface area (Å²) in [5, 5.41) is 0. The lowest BCUT2D eigenvalue weighted by Gasteiger charge is -2.28. The van der Waals surface area contributed by atoms with Crippen LogP contribution in [0.15, 0.2) is 11.8 Å². The number of piperidine rings is 1. The molecule has 0 aromatic rings. The SMILES string of the molecule is CN(C)/C=C1\C(=O)CCN(C2CC2)C1=O. The van der Waals surface area contributed by atoms with Gasteiger partial charge in [-0.1, -0.05) is 0 Å². The summed E-state index contributed by atoms with van der Waals surface area (Å²) in [6, 6.07) is 0.399. The summed E-state index contributed by atoms with van der Waals surface area (Å²) in [7, 11) is 3.65. The van der Waals surface area contributed by atoms with Crippen LogP contribution in [0.4, 0.5) is 0 Å². The van der Waals surface area contributed by atoms with Crippen molar-refractivity contribution in [3.63, 3.8) is 0 Å². The third kappa shape index (κ3) is 2.03. The van der Waals surface area contributed by atoms with Gasteiger partial charge in [0.2, 0.25) is 0 Å². The molecule has 1 aliphatic carbocycles. The van der Waals surface area contributed by atoms with Gasteiger partial charge in [0.1, 0.15) is 0 Å². The minimum atomic E-state index is -0.0811. The molecule has 82 valence electrons. The van der Waals surface area contributed by atoms with Gasteiger partial charge in [-0.25, -0.2) is 0 Å². The van der Waals surface area contributed by atoms with Gasteiger partial charge in [0.25, 0.3) is 5.91 Å². The van der Waals surface area contributed by atoms with E-state index >= 15 is 0 Å². The molecule has 0 aromatic carbocycles. The zero-order valence-corrected chi connectivity index (χ0v) is 9.19. The van der Waals surface area contributed by atoms with E-state index in [4.69, 9.17) is 0 Å². The molecule has 0 N–H and O–H groups in total. The van der Waals surface area contributed by atoms with Gasteiger partial charge in [0, 0.05) is 39.3 Å². The minimum Gasteiger partial charge on any atom is -0.383 e. The fourth-order valence-corrected chi connectivity index (χ4v) is 1.85. The van der Waals surface area contributed by atoms with E-state index in [1.165, 1.54) is 0 Å². The van der Waals surface area contributed by atoms with Gasteiger partial charge in [-0.05, 0) is 12.8 Å². The molecular formula is C11H16N2O2. The Morgan fingerprint density at radius 1 is 1.33 bits per heavy atom. The zero-order chi connectivity index (χ0) is 11.0. The van der Waals surface area contributed by atoms with Crippen molar-refractivity contribution in [1.29, 1.82) is 0 Å². The Morgan fingerprint density at radius 3 is 2.53 bits per heavy atom. The van der Waals surface area contributed by atoms with Crippen molar-refractivity contribution < 1.29 is 9.59 Å². The molecule has 0 spiro atoms. The first-order valence-electron chi connectivity index (χ1n) is 5.32. The average molecular weight is 208 g/mol. The second kappa shape index (κ2) is 3.68. The zero-order valence-electron chi connectivity index (χ0n) is 9.19. The topological polar surface area (TPSA) is 40.6 Å². The van der Waals surface area contributed by atoms with E-state index in [1.807, 2.05) is 19.0 Å². The molecule has 0 radical (unpaired) electrons. The number of Topliss-reactive ketones (excluding diaryl/α,β-unsaturated/α-hetero) is 1. The first-order valence-corrected chi connectivity index (χ1v) is 5.32. The summed E-state index contributed by atoms with van der Waals surface area (Å²) < 4.78 is 0. The highest BCUT2D eigenvalue weighted by Crippen LogP contribution is 2.30. The molecule has 0 aromatic heterocycles. The Bertz CT molecular complexity index is 329. The number of rotatable bonds is 2. The Kier molecular flexibility index (Phi) is 2.50. The fraction of sp³-hybridized carbons (Fsp3) is 0.636. The highest BCUT2D eigenvalue weighted by molar-refractivity contribution is 6.20. The molecule has 0 atom stereocenters. The summed E-state index contributed by atoms with van der Waals surface area (Å²) in [4.78, 5) is 27.1. The van der Waals surface area contributed by atoms with Crippen molar-refractivity contribution in [2.45, 2.75) is 25.3 Å². The molecule has 1 saturated carbocycles. The quantitative estimate of drug-likeness (QED) is 0.487. The Hall–Kier alpha value is -1.32. The summed E-state index contributed by atoms with van der Waals surface area (Å²) >= 11 is 0. The summed E-state index contributed by atoms with van der Waals surface area (Å²) in [5.74, 6) is -0.104. The summed E-state index contributed by atoms with van der Waals surface area (Å²) in [6.45, 7) is 0.604. The van der Waals surface area contributed by atoms with Crippen molar-refractivity contribution in [3.05, 3.63) is 11.8 Å². The maximum absolute atomic E-state index is 12.0. The molecule has 0 bridgehead atoms. The van der Waals surface area contributed by atoms with E-state index in [0.29, 0.717) is 24.6 Å². The largest absolute Gasteiger partial charge is 0.383 e. The number of likely N-dealkylation sites (tertiary alicyclic amines) is 1. The lowest BCUT2D eigenvalue weighted by Crippen LogP contribution is -2.42. The van der Waals surface area contributed by atoms with Crippen LogP contribution < -0.4 is 0 Å². The Morgan fingerprint density at radius 2 is 2.00 bits per heavy atom. The van der Waals surface area contributed by atoms with Gasteiger partial charge in [-0.2, -0.15) is 0 Å². The predicted octanol–water partition coefficient (Wildman–Crippen LogP) is 0.396. The van der Waals surface area contributed by atoms with E-state index < -0.39 is 0 Å². The van der Waals surface area contributed by atoms with E-state index in [2.05, 4.69) is 0 Å². The molecule has 15 heavy (non-hydrogen) atoms. The van der Waals surface area contributed by atoms with Crippen LogP contribution in [0.5, 0.6) is 0 Å². The van der Waals surface area contributed by atoms with Crippen molar-refractivity contribution in [2.75, 3.05) is 20.6 Å². The predicted molar refractivity (Wildman–Crippen MR) is 56.1 cm³/mol. The number of carbonyl (C=O) groups is 2. The second-order valence-corrected chi connectivity index (χ2v) is 4.41. The molecule has 0 unspecified atom stereocenters. The fourth-order valence-electron chi connectivity index (χ4n) is 1.85. The van der Waals surface area contributed by atoms with Gasteiger partial charge >= 0.3 is 0 Å². The van der Waals surface area contributed by atoms with Gasteiger partial charge in [-0.15, -0.1) is 0 Å². The van der Waals surface area contributed by atoms with Crippen LogP contribution in [0.25, 0.3) is 0 Å². The molecule has 4 heteroatoms. The third-order valence-corrected chi connectivity index (χ3v) is 2.75. The number of carbonyl (C=O) groups excluding carboxylic acids is 2. The first kappa shape index (κ1) is 10.2. The van der Waals surface area contributed by atoms with Crippen molar-refractivity contribution in [3.8, 4) is 0 Å². The first-order chi connectivity index (χ1) is 7.09. The average Bonchev–Trinajstić information content (AvgIpc) is 2.95. The number of hydrogen-bond donors (Lipinski definition) is 0. The van der Waals surface area contributed by atoms with Gasteiger partial charge in [0.15, 0.2) is 5.78 Å². The molecule has 1 heterocycles. The maximum atomic E-state index is 12.0. The lowest BCUT2D eigenvalue weighted by molar-refractivity contribution is -0.133. The van der Waals surface area contributed by atoms with Crippen LogP contribution in [0, 0.1) is 0 Å². The van der Waals surface area contributed by atoms with Crippen LogP contribution in [-0.2, 0) is 9.59 Å². The van der Waals surface area contributed by atoms with E-state index in [-0.39, 0.29) is 11.7 Å². The van der Waals surface area contributed by atoms with Crippen molar-refractivity contribution >= 4 is 11.7 Å². The smallest absolute Gasteiger partial charge is 0.259 e. The van der Waals surface area contributed by atoms with Crippen molar-refractivity contribution in [2.24, 2.45) is 0 Å². The molecule has 4 nitrogen and oxygen atoms in total. The lowest BCUT2D eigenvalue weighted by atomic mass is 10.0. The van der Waals surface area contributed by atoms with Gasteiger partial charge in [-0.3, -0.25) is 9.59 Å². The molecule has 1 aliphatic heterocycles. The molecule has 2 aliphatic rings. The Labute approximate surface area is 89.5 Å².